The first-order valence-corrected chi connectivity index (χ1v) is 7.69. The summed E-state index contributed by atoms with van der Waals surface area (Å²) in [6.07, 6.45) is 8.51. The topological polar surface area (TPSA) is 57.6 Å². The maximum atomic E-state index is 12.3. The minimum atomic E-state index is -0.800. The van der Waals surface area contributed by atoms with Gasteiger partial charge in [0.1, 0.15) is 6.04 Å². The van der Waals surface area contributed by atoms with Crippen molar-refractivity contribution in [1.29, 1.82) is 0 Å². The van der Waals surface area contributed by atoms with Gasteiger partial charge in [0.25, 0.3) is 0 Å². The summed E-state index contributed by atoms with van der Waals surface area (Å²) in [4.78, 5) is 25.4. The van der Waals surface area contributed by atoms with E-state index < -0.39 is 12.0 Å². The zero-order valence-electron chi connectivity index (χ0n) is 11.4. The van der Waals surface area contributed by atoms with Crippen molar-refractivity contribution < 1.29 is 14.7 Å². The SMILES string of the molecule is O=C(O)C1C2CCCC2CN1C(=O)CCC1CCC1. The van der Waals surface area contributed by atoms with Crippen molar-refractivity contribution in [3.8, 4) is 0 Å². The van der Waals surface area contributed by atoms with Crippen LogP contribution in [-0.2, 0) is 9.59 Å². The van der Waals surface area contributed by atoms with Gasteiger partial charge in [-0.25, -0.2) is 4.79 Å². The number of rotatable bonds is 4. The number of aliphatic carboxylic acids is 1. The standard InChI is InChI=1S/C15H23NO3/c17-13(8-7-10-3-1-4-10)16-9-11-5-2-6-12(11)14(16)15(18)19/h10-12,14H,1-9H2,(H,18,19). The predicted octanol–water partition coefficient (Wildman–Crippen LogP) is 2.28. The minimum absolute atomic E-state index is 0.0775. The highest BCUT2D eigenvalue weighted by Crippen LogP contribution is 2.42. The number of likely N-dealkylation sites (tertiary alicyclic amines) is 1. The molecule has 1 heterocycles. The van der Waals surface area contributed by atoms with Crippen LogP contribution >= 0.6 is 0 Å². The lowest BCUT2D eigenvalue weighted by molar-refractivity contribution is -0.149. The fourth-order valence-electron chi connectivity index (χ4n) is 4.13. The van der Waals surface area contributed by atoms with Crippen LogP contribution in [0.2, 0.25) is 0 Å². The van der Waals surface area contributed by atoms with Crippen molar-refractivity contribution in [2.75, 3.05) is 6.54 Å². The van der Waals surface area contributed by atoms with E-state index in [-0.39, 0.29) is 11.8 Å². The minimum Gasteiger partial charge on any atom is -0.480 e. The van der Waals surface area contributed by atoms with Gasteiger partial charge in [0.05, 0.1) is 0 Å². The van der Waals surface area contributed by atoms with Crippen LogP contribution in [0.5, 0.6) is 0 Å². The van der Waals surface area contributed by atoms with Crippen molar-refractivity contribution in [2.45, 2.75) is 57.4 Å². The molecule has 1 amide bonds. The molecule has 3 aliphatic rings. The van der Waals surface area contributed by atoms with Gasteiger partial charge in [-0.3, -0.25) is 4.79 Å². The molecule has 0 aromatic carbocycles. The van der Waals surface area contributed by atoms with Crippen molar-refractivity contribution in [3.63, 3.8) is 0 Å². The van der Waals surface area contributed by atoms with Crippen LogP contribution in [0.25, 0.3) is 0 Å². The molecule has 1 aliphatic heterocycles. The van der Waals surface area contributed by atoms with Crippen molar-refractivity contribution >= 4 is 11.9 Å². The summed E-state index contributed by atoms with van der Waals surface area (Å²) in [5.74, 6) is 0.647. The summed E-state index contributed by atoms with van der Waals surface area (Å²) in [6.45, 7) is 0.686. The van der Waals surface area contributed by atoms with Crippen LogP contribution in [-0.4, -0.2) is 34.5 Å². The Kier molecular flexibility index (Phi) is 3.50. The third kappa shape index (κ3) is 2.37. The van der Waals surface area contributed by atoms with E-state index in [1.807, 2.05) is 0 Å². The zero-order chi connectivity index (χ0) is 13.4. The molecule has 3 unspecified atom stereocenters. The molecule has 2 saturated carbocycles. The maximum Gasteiger partial charge on any atom is 0.326 e. The van der Waals surface area contributed by atoms with Crippen LogP contribution in [0.15, 0.2) is 0 Å². The summed E-state index contributed by atoms with van der Waals surface area (Å²) in [5, 5.41) is 9.42. The lowest BCUT2D eigenvalue weighted by atomic mass is 9.82. The Balaban J connectivity index is 1.61. The van der Waals surface area contributed by atoms with Crippen molar-refractivity contribution in [3.05, 3.63) is 0 Å². The smallest absolute Gasteiger partial charge is 0.326 e. The Morgan fingerprint density at radius 3 is 2.47 bits per heavy atom. The molecule has 0 spiro atoms. The third-order valence-corrected chi connectivity index (χ3v) is 5.45. The summed E-state index contributed by atoms with van der Waals surface area (Å²) >= 11 is 0. The number of carbonyl (C=O) groups is 2. The average molecular weight is 265 g/mol. The van der Waals surface area contributed by atoms with Crippen LogP contribution in [0.3, 0.4) is 0 Å². The monoisotopic (exact) mass is 265 g/mol. The molecule has 3 rings (SSSR count). The molecule has 0 aromatic heterocycles. The number of carboxylic acids is 1. The van der Waals surface area contributed by atoms with Crippen molar-refractivity contribution in [1.82, 2.24) is 4.90 Å². The summed E-state index contributed by atoms with van der Waals surface area (Å²) in [7, 11) is 0. The number of fused-ring (bicyclic) bond motifs is 1. The summed E-state index contributed by atoms with van der Waals surface area (Å²) in [5.41, 5.74) is 0. The number of nitrogens with zero attached hydrogens (tertiary/aromatic N) is 1. The summed E-state index contributed by atoms with van der Waals surface area (Å²) in [6, 6.07) is -0.540. The van der Waals surface area contributed by atoms with Gasteiger partial charge in [0.2, 0.25) is 5.91 Å². The number of hydrogen-bond acceptors (Lipinski definition) is 2. The van der Waals surface area contributed by atoms with Gasteiger partial charge in [-0.05, 0) is 37.0 Å². The second-order valence-corrected chi connectivity index (χ2v) is 6.52. The lowest BCUT2D eigenvalue weighted by Gasteiger charge is -2.28. The van der Waals surface area contributed by atoms with Gasteiger partial charge in [-0.1, -0.05) is 25.7 Å². The predicted molar refractivity (Wildman–Crippen MR) is 70.5 cm³/mol. The molecular weight excluding hydrogens is 242 g/mol. The van der Waals surface area contributed by atoms with Crippen LogP contribution in [0.1, 0.15) is 51.4 Å². The van der Waals surface area contributed by atoms with E-state index in [2.05, 4.69) is 0 Å². The van der Waals surface area contributed by atoms with Gasteiger partial charge in [0.15, 0.2) is 0 Å². The molecule has 4 nitrogen and oxygen atoms in total. The van der Waals surface area contributed by atoms with Gasteiger partial charge in [-0.2, -0.15) is 0 Å². The van der Waals surface area contributed by atoms with E-state index in [1.54, 1.807) is 4.90 Å². The Morgan fingerprint density at radius 2 is 1.84 bits per heavy atom. The quantitative estimate of drug-likeness (QED) is 0.848. The van der Waals surface area contributed by atoms with E-state index in [0.29, 0.717) is 24.8 Å². The Labute approximate surface area is 114 Å². The van der Waals surface area contributed by atoms with E-state index in [4.69, 9.17) is 0 Å². The van der Waals surface area contributed by atoms with Crippen molar-refractivity contribution in [2.24, 2.45) is 17.8 Å². The number of carboxylic acid groups (broad SMARTS) is 1. The largest absolute Gasteiger partial charge is 0.480 e. The lowest BCUT2D eigenvalue weighted by Crippen LogP contribution is -2.43. The fourth-order valence-corrected chi connectivity index (χ4v) is 4.13. The first-order valence-electron chi connectivity index (χ1n) is 7.69. The number of amides is 1. The van der Waals surface area contributed by atoms with Gasteiger partial charge >= 0.3 is 5.97 Å². The second kappa shape index (κ2) is 5.14. The molecule has 4 heteroatoms. The highest BCUT2D eigenvalue weighted by atomic mass is 16.4. The van der Waals surface area contributed by atoms with Crippen LogP contribution in [0, 0.1) is 17.8 Å². The van der Waals surface area contributed by atoms with E-state index in [0.717, 1.165) is 25.7 Å². The first kappa shape index (κ1) is 12.9. The molecule has 3 fully saturated rings. The maximum absolute atomic E-state index is 12.3. The molecule has 106 valence electrons. The van der Waals surface area contributed by atoms with E-state index >= 15 is 0 Å². The Hall–Kier alpha value is -1.06. The molecular formula is C15H23NO3. The summed E-state index contributed by atoms with van der Waals surface area (Å²) < 4.78 is 0. The van der Waals surface area contributed by atoms with E-state index in [1.165, 1.54) is 19.3 Å². The molecule has 0 radical (unpaired) electrons. The Bertz CT molecular complexity index is 378. The van der Waals surface area contributed by atoms with Crippen LogP contribution < -0.4 is 0 Å². The highest BCUT2D eigenvalue weighted by molar-refractivity contribution is 5.84. The number of carbonyl (C=O) groups excluding carboxylic acids is 1. The highest BCUT2D eigenvalue weighted by Gasteiger charge is 2.49. The average Bonchev–Trinajstić information content (AvgIpc) is 2.84. The van der Waals surface area contributed by atoms with Gasteiger partial charge < -0.3 is 10.0 Å². The number of hydrogen-bond donors (Lipinski definition) is 1. The molecule has 1 saturated heterocycles. The molecule has 2 aliphatic carbocycles. The first-order chi connectivity index (χ1) is 9.16. The molecule has 19 heavy (non-hydrogen) atoms. The van der Waals surface area contributed by atoms with E-state index in [9.17, 15) is 14.7 Å². The normalized spacial score (nSPS) is 34.1. The van der Waals surface area contributed by atoms with Gasteiger partial charge in [0, 0.05) is 13.0 Å². The third-order valence-electron chi connectivity index (χ3n) is 5.45. The Morgan fingerprint density at radius 1 is 1.11 bits per heavy atom. The van der Waals surface area contributed by atoms with Crippen LogP contribution in [0.4, 0.5) is 0 Å². The molecule has 3 atom stereocenters. The zero-order valence-corrected chi connectivity index (χ0v) is 11.4. The second-order valence-electron chi connectivity index (χ2n) is 6.52. The van der Waals surface area contributed by atoms with Gasteiger partial charge in [-0.15, -0.1) is 0 Å². The molecule has 0 aromatic rings. The molecule has 0 bridgehead atoms. The fraction of sp³-hybridized carbons (Fsp3) is 0.867. The molecule has 1 N–H and O–H groups in total.